The molecule has 198 valence electrons. The second-order valence-electron chi connectivity index (χ2n) is 10.1. The molecule has 0 amide bonds. The Morgan fingerprint density at radius 2 is 1.95 bits per heavy atom. The number of nitrogens with zero attached hydrogens (tertiary/aromatic N) is 4. The van der Waals surface area contributed by atoms with Crippen molar-refractivity contribution in [2.24, 2.45) is 26.9 Å². The molecule has 2 aliphatic heterocycles. The highest BCUT2D eigenvalue weighted by Gasteiger charge is 2.48. The third-order valence-corrected chi connectivity index (χ3v) is 7.78. The molecule has 1 aromatic carbocycles. The number of nitroso groups, excluding NO2 is 1. The number of esters is 1. The number of aliphatic imine (C=N–C) groups is 1. The van der Waals surface area contributed by atoms with Gasteiger partial charge in [-0.25, -0.2) is 9.80 Å². The Morgan fingerprint density at radius 3 is 2.54 bits per heavy atom. The Labute approximate surface area is 218 Å². The summed E-state index contributed by atoms with van der Waals surface area (Å²) in [4.78, 5) is 29.5. The van der Waals surface area contributed by atoms with Gasteiger partial charge >= 0.3 is 5.97 Å². The molecule has 37 heavy (non-hydrogen) atoms. The molecule has 3 N–H and O–H groups in total. The molecule has 0 radical (unpaired) electrons. The predicted molar refractivity (Wildman–Crippen MR) is 144 cm³/mol. The smallest absolute Gasteiger partial charge is 0.337 e. The van der Waals surface area contributed by atoms with Crippen LogP contribution in [0.2, 0.25) is 0 Å². The zero-order valence-electron chi connectivity index (χ0n) is 21.8. The minimum absolute atomic E-state index is 0.00755. The number of nitrogens with two attached hydrogens (primary N) is 1. The zero-order chi connectivity index (χ0) is 26.4. The average Bonchev–Trinajstić information content (AvgIpc) is 3.46. The summed E-state index contributed by atoms with van der Waals surface area (Å²) in [6.07, 6.45) is 12.2. The predicted octanol–water partition coefficient (Wildman–Crippen LogP) is 4.87. The van der Waals surface area contributed by atoms with Crippen molar-refractivity contribution in [2.45, 2.75) is 83.7 Å². The number of cyclic esters (lactones) is 1. The number of rotatable bonds is 10. The standard InChI is InChI=1S/C28H37N5O4/c1-3-20-14-19(15-21(4-2)26(20)34)10-11-28(22-8-5-6-9-22)17-24(32-36)23(27(35)37-28)16-25(29)31-33-13-7-12-30-18-33/h7,12-15,22,34H,3-6,8-11,16-18H2,1-2H3,(H2,29,31). The molecule has 4 rings (SSSR count). The molecule has 1 unspecified atom stereocenters. The molecule has 0 bridgehead atoms. The number of aromatic hydroxyl groups is 1. The molecule has 1 aromatic rings. The van der Waals surface area contributed by atoms with Gasteiger partial charge in [-0.2, -0.15) is 5.10 Å². The molecular weight excluding hydrogens is 470 g/mol. The van der Waals surface area contributed by atoms with Crippen LogP contribution in [0.25, 0.3) is 0 Å². The van der Waals surface area contributed by atoms with Gasteiger partial charge < -0.3 is 15.6 Å². The lowest BCUT2D eigenvalue weighted by Gasteiger charge is -2.42. The first-order valence-corrected chi connectivity index (χ1v) is 13.3. The summed E-state index contributed by atoms with van der Waals surface area (Å²) >= 11 is 0. The van der Waals surface area contributed by atoms with Crippen molar-refractivity contribution in [1.29, 1.82) is 0 Å². The van der Waals surface area contributed by atoms with E-state index < -0.39 is 11.6 Å². The Bertz CT molecular complexity index is 1120. The molecule has 9 nitrogen and oxygen atoms in total. The molecule has 0 saturated heterocycles. The summed E-state index contributed by atoms with van der Waals surface area (Å²) in [5.74, 6) is 0.193. The van der Waals surface area contributed by atoms with E-state index in [1.807, 2.05) is 26.0 Å². The third kappa shape index (κ3) is 5.92. The van der Waals surface area contributed by atoms with E-state index in [0.717, 1.165) is 55.2 Å². The zero-order valence-corrected chi connectivity index (χ0v) is 21.8. The van der Waals surface area contributed by atoms with E-state index in [-0.39, 0.29) is 35.9 Å². The quantitative estimate of drug-likeness (QED) is 0.201. The molecule has 1 saturated carbocycles. The van der Waals surface area contributed by atoms with E-state index in [2.05, 4.69) is 15.3 Å². The minimum Gasteiger partial charge on any atom is -0.507 e. The van der Waals surface area contributed by atoms with Crippen molar-refractivity contribution in [3.05, 3.63) is 57.3 Å². The highest BCUT2D eigenvalue weighted by Crippen LogP contribution is 2.47. The molecule has 1 fully saturated rings. The van der Waals surface area contributed by atoms with Crippen LogP contribution in [0.5, 0.6) is 5.75 Å². The normalized spacial score (nSPS) is 22.6. The number of carbonyl (C=O) groups is 1. The number of hydrogen-bond donors (Lipinski definition) is 2. The number of amidine groups is 1. The van der Waals surface area contributed by atoms with Gasteiger partial charge in [-0.1, -0.05) is 38.8 Å². The first kappa shape index (κ1) is 26.6. The molecule has 1 aliphatic carbocycles. The number of benzene rings is 1. The van der Waals surface area contributed by atoms with Crippen LogP contribution in [0.1, 0.15) is 75.5 Å². The van der Waals surface area contributed by atoms with Gasteiger partial charge in [0.05, 0.1) is 11.3 Å². The number of hydrogen-bond acceptors (Lipinski definition) is 8. The van der Waals surface area contributed by atoms with E-state index in [0.29, 0.717) is 25.3 Å². The van der Waals surface area contributed by atoms with Crippen molar-refractivity contribution in [2.75, 3.05) is 6.67 Å². The molecule has 9 heteroatoms. The first-order valence-electron chi connectivity index (χ1n) is 13.3. The van der Waals surface area contributed by atoms with E-state index in [1.165, 1.54) is 0 Å². The molecular formula is C28H37N5O4. The van der Waals surface area contributed by atoms with Crippen molar-refractivity contribution < 1.29 is 14.6 Å². The van der Waals surface area contributed by atoms with Crippen molar-refractivity contribution in [1.82, 2.24) is 5.01 Å². The summed E-state index contributed by atoms with van der Waals surface area (Å²) < 4.78 is 6.25. The molecule has 1 atom stereocenters. The van der Waals surface area contributed by atoms with Gasteiger partial charge in [-0.3, -0.25) is 4.99 Å². The van der Waals surface area contributed by atoms with Crippen LogP contribution in [0, 0.1) is 10.8 Å². The second-order valence-corrected chi connectivity index (χ2v) is 10.1. The van der Waals surface area contributed by atoms with Crippen LogP contribution in [-0.4, -0.2) is 40.4 Å². The fourth-order valence-corrected chi connectivity index (χ4v) is 5.77. The van der Waals surface area contributed by atoms with Gasteiger partial charge in [0.1, 0.15) is 23.9 Å². The maximum atomic E-state index is 13.3. The van der Waals surface area contributed by atoms with Crippen LogP contribution >= 0.6 is 0 Å². The van der Waals surface area contributed by atoms with Gasteiger partial charge in [0.25, 0.3) is 0 Å². The van der Waals surface area contributed by atoms with E-state index in [1.54, 1.807) is 23.5 Å². The van der Waals surface area contributed by atoms with Crippen LogP contribution in [0.4, 0.5) is 0 Å². The van der Waals surface area contributed by atoms with Gasteiger partial charge in [0.15, 0.2) is 0 Å². The summed E-state index contributed by atoms with van der Waals surface area (Å²) in [6, 6.07) is 4.08. The fourth-order valence-electron chi connectivity index (χ4n) is 5.77. The second kappa shape index (κ2) is 11.7. The lowest BCUT2D eigenvalue weighted by Crippen LogP contribution is -2.46. The van der Waals surface area contributed by atoms with Crippen LogP contribution in [-0.2, 0) is 28.8 Å². The summed E-state index contributed by atoms with van der Waals surface area (Å²) in [7, 11) is 0. The highest BCUT2D eigenvalue weighted by atomic mass is 16.6. The molecule has 3 aliphatic rings. The van der Waals surface area contributed by atoms with E-state index >= 15 is 0 Å². The van der Waals surface area contributed by atoms with E-state index in [4.69, 9.17) is 10.5 Å². The van der Waals surface area contributed by atoms with Gasteiger partial charge in [0.2, 0.25) is 0 Å². The molecule has 2 heterocycles. The van der Waals surface area contributed by atoms with Gasteiger partial charge in [-0.15, -0.1) is 4.91 Å². The summed E-state index contributed by atoms with van der Waals surface area (Å²) in [5.41, 5.74) is 8.68. The van der Waals surface area contributed by atoms with Crippen LogP contribution in [0.15, 0.2) is 50.9 Å². The number of carbonyl (C=O) groups excluding carboxylic acids is 1. The SMILES string of the molecule is CCc1cc(CCC2(C3CCCC3)CC(N=O)=C(C/C(N)=N/N3C=CC=NC3)C(=O)O2)cc(CC)c1O. The molecule has 0 spiro atoms. The Morgan fingerprint density at radius 1 is 1.24 bits per heavy atom. The fraction of sp³-hybridized carbons (Fsp3) is 0.536. The average molecular weight is 508 g/mol. The lowest BCUT2D eigenvalue weighted by molar-refractivity contribution is -0.165. The number of allylic oxidation sites excluding steroid dienone is 1. The summed E-state index contributed by atoms with van der Waals surface area (Å²) in [5, 5.41) is 19.7. The number of phenolic OH excluding ortho intramolecular Hbond substituents is 1. The van der Waals surface area contributed by atoms with Crippen molar-refractivity contribution >= 4 is 18.0 Å². The Balaban J connectivity index is 1.59. The van der Waals surface area contributed by atoms with Crippen molar-refractivity contribution in [3.63, 3.8) is 0 Å². The number of phenols is 1. The highest BCUT2D eigenvalue weighted by molar-refractivity contribution is 5.98. The van der Waals surface area contributed by atoms with E-state index in [9.17, 15) is 14.8 Å². The monoisotopic (exact) mass is 507 g/mol. The van der Waals surface area contributed by atoms with Crippen molar-refractivity contribution in [3.8, 4) is 5.75 Å². The summed E-state index contributed by atoms with van der Waals surface area (Å²) in [6.45, 7) is 4.39. The number of ether oxygens (including phenoxy) is 1. The Hall–Kier alpha value is -3.49. The topological polar surface area (TPSA) is 130 Å². The number of hydrazone groups is 1. The maximum Gasteiger partial charge on any atom is 0.337 e. The number of aryl methyl sites for hydroxylation is 3. The lowest BCUT2D eigenvalue weighted by atomic mass is 9.75. The van der Waals surface area contributed by atoms with Gasteiger partial charge in [0, 0.05) is 25.3 Å². The van der Waals surface area contributed by atoms with Crippen LogP contribution in [0.3, 0.4) is 0 Å². The first-order chi connectivity index (χ1) is 17.9. The largest absolute Gasteiger partial charge is 0.507 e. The van der Waals surface area contributed by atoms with Gasteiger partial charge in [-0.05, 0) is 72.4 Å². The molecule has 0 aromatic heterocycles. The van der Waals surface area contributed by atoms with Crippen LogP contribution < -0.4 is 5.73 Å². The maximum absolute atomic E-state index is 13.3. The Kier molecular flexibility index (Phi) is 8.41. The third-order valence-electron chi connectivity index (χ3n) is 7.78. The minimum atomic E-state index is -0.785.